The lowest BCUT2D eigenvalue weighted by Crippen LogP contribution is -2.60. The van der Waals surface area contributed by atoms with E-state index in [1.807, 2.05) is 0 Å². The van der Waals surface area contributed by atoms with Crippen molar-refractivity contribution in [1.82, 2.24) is 0 Å². The maximum absolute atomic E-state index is 13.0. The quantitative estimate of drug-likeness (QED) is 0.196. The van der Waals surface area contributed by atoms with Crippen LogP contribution in [-0.2, 0) is 41.5 Å². The highest BCUT2D eigenvalue weighted by atomic mass is 19.4. The van der Waals surface area contributed by atoms with Crippen molar-refractivity contribution in [1.29, 1.82) is 0 Å². The first-order chi connectivity index (χ1) is 18.8. The first-order valence-corrected chi connectivity index (χ1v) is 11.5. The van der Waals surface area contributed by atoms with E-state index in [0.717, 1.165) is 19.2 Å². The Morgan fingerprint density at radius 2 is 1.70 bits per heavy atom. The molecule has 2 aromatic rings. The van der Waals surface area contributed by atoms with Gasteiger partial charge in [0.2, 0.25) is 0 Å². The number of methoxy groups -OCH3 is 1. The largest absolute Gasteiger partial charge is 0.479 e. The number of rotatable bonds is 9. The summed E-state index contributed by atoms with van der Waals surface area (Å²) < 4.78 is 48.7. The van der Waals surface area contributed by atoms with Crippen LogP contribution in [0.3, 0.4) is 0 Å². The molecule has 12 nitrogen and oxygen atoms in total. The number of ether oxygens (including phenoxy) is 2. The van der Waals surface area contributed by atoms with Crippen LogP contribution in [0.5, 0.6) is 0 Å². The Balaban J connectivity index is 1.82. The second kappa shape index (κ2) is 12.9. The Morgan fingerprint density at radius 3 is 2.35 bits per heavy atom. The van der Waals surface area contributed by atoms with Gasteiger partial charge in [-0.05, 0) is 24.6 Å². The number of aliphatic carboxylic acids is 1. The number of aliphatic hydroxyl groups excluding tert-OH is 3. The molecular formula is C25H25F3N2O10. The molecule has 2 aromatic carbocycles. The molecule has 1 saturated heterocycles. The Bertz CT molecular complexity index is 1280. The van der Waals surface area contributed by atoms with E-state index in [4.69, 9.17) is 19.1 Å². The third-order valence-corrected chi connectivity index (χ3v) is 5.74. The molecule has 0 bridgehead atoms. The fraction of sp³-hybridized carbons (Fsp3) is 0.360. The average molecular weight is 570 g/mol. The highest BCUT2D eigenvalue weighted by Crippen LogP contribution is 2.29. The minimum atomic E-state index is -4.53. The number of benzene rings is 2. The zero-order valence-corrected chi connectivity index (χ0v) is 21.0. The SMILES string of the molecule is COC(=O)/C(=N/O[C@@H]1O[C@H](C(=O)O)[C@@H](O)[C@H](O)[C@H]1O)c1ccccc1CO/N=C(\C)c1cccc(C(F)(F)F)c1. The second-order valence-electron chi connectivity index (χ2n) is 8.46. The lowest BCUT2D eigenvalue weighted by molar-refractivity contribution is -0.294. The third kappa shape index (κ3) is 7.12. The van der Waals surface area contributed by atoms with E-state index in [0.29, 0.717) is 5.56 Å². The number of carboxylic acids is 1. The maximum Gasteiger partial charge on any atom is 0.416 e. The van der Waals surface area contributed by atoms with Crippen LogP contribution < -0.4 is 0 Å². The highest BCUT2D eigenvalue weighted by molar-refractivity contribution is 6.43. The number of aliphatic hydroxyl groups is 3. The molecule has 1 heterocycles. The van der Waals surface area contributed by atoms with Crippen molar-refractivity contribution in [3.8, 4) is 0 Å². The number of carbonyl (C=O) groups is 2. The number of hydrogen-bond donors (Lipinski definition) is 4. The minimum Gasteiger partial charge on any atom is -0.479 e. The summed E-state index contributed by atoms with van der Waals surface area (Å²) >= 11 is 0. The van der Waals surface area contributed by atoms with Crippen LogP contribution in [0.25, 0.3) is 0 Å². The Kier molecular flexibility index (Phi) is 9.81. The van der Waals surface area contributed by atoms with Gasteiger partial charge in [0.1, 0.15) is 24.9 Å². The van der Waals surface area contributed by atoms with Gasteiger partial charge in [0.15, 0.2) is 11.8 Å². The van der Waals surface area contributed by atoms with Crippen LogP contribution >= 0.6 is 0 Å². The van der Waals surface area contributed by atoms with Gasteiger partial charge in [0.05, 0.1) is 18.4 Å². The zero-order chi connectivity index (χ0) is 29.6. The molecule has 0 radical (unpaired) electrons. The van der Waals surface area contributed by atoms with Gasteiger partial charge in [0, 0.05) is 11.1 Å². The zero-order valence-electron chi connectivity index (χ0n) is 21.0. The number of oxime groups is 2. The molecule has 0 saturated carbocycles. The molecule has 1 aliphatic rings. The number of esters is 1. The minimum absolute atomic E-state index is 0.0990. The molecule has 40 heavy (non-hydrogen) atoms. The number of nitrogens with zero attached hydrogens (tertiary/aromatic N) is 2. The van der Waals surface area contributed by atoms with Crippen molar-refractivity contribution in [3.05, 3.63) is 70.8 Å². The topological polar surface area (TPSA) is 177 Å². The summed E-state index contributed by atoms with van der Waals surface area (Å²) in [7, 11) is 1.05. The standard InChI is InChI=1S/C25H25F3N2O10/c1-12(13-7-5-8-15(10-13)25(26,27)28)29-38-11-14-6-3-4-9-16(14)17(23(36)37-2)30-40-24-20(33)18(31)19(32)21(39-24)22(34)35/h3-10,18-21,24,31-33H,11H2,1-2H3,(H,34,35)/b29-12+,30-17+/t18-,19-,20+,21-,24-/m0/s1. The van der Waals surface area contributed by atoms with Gasteiger partial charge in [0.25, 0.3) is 6.29 Å². The molecule has 0 aliphatic carbocycles. The fourth-order valence-corrected chi connectivity index (χ4v) is 3.59. The molecule has 216 valence electrons. The fourth-order valence-electron chi connectivity index (χ4n) is 3.59. The Morgan fingerprint density at radius 1 is 1.00 bits per heavy atom. The number of carbonyl (C=O) groups excluding carboxylic acids is 1. The smallest absolute Gasteiger partial charge is 0.416 e. The Labute approximate surface area is 224 Å². The molecule has 0 spiro atoms. The number of carboxylic acid groups (broad SMARTS) is 1. The number of halogens is 3. The van der Waals surface area contributed by atoms with Gasteiger partial charge in [-0.15, -0.1) is 0 Å². The van der Waals surface area contributed by atoms with Gasteiger partial charge in [-0.1, -0.05) is 46.7 Å². The summed E-state index contributed by atoms with van der Waals surface area (Å²) in [6, 6.07) is 10.6. The first kappa shape index (κ1) is 30.5. The van der Waals surface area contributed by atoms with Crippen LogP contribution in [0, 0.1) is 0 Å². The molecule has 1 fully saturated rings. The molecule has 1 aliphatic heterocycles. The van der Waals surface area contributed by atoms with Crippen LogP contribution in [-0.4, -0.2) is 81.6 Å². The molecule has 0 amide bonds. The summed E-state index contributed by atoms with van der Waals surface area (Å²) in [5.74, 6) is -2.66. The van der Waals surface area contributed by atoms with E-state index >= 15 is 0 Å². The number of alkyl halides is 3. The molecule has 3 rings (SSSR count). The molecular weight excluding hydrogens is 545 g/mol. The van der Waals surface area contributed by atoms with Gasteiger partial charge in [-0.25, -0.2) is 9.59 Å². The van der Waals surface area contributed by atoms with Crippen molar-refractivity contribution in [2.45, 2.75) is 50.4 Å². The molecule has 0 aromatic heterocycles. The maximum atomic E-state index is 13.0. The number of hydrogen-bond acceptors (Lipinski definition) is 11. The van der Waals surface area contributed by atoms with E-state index in [1.165, 1.54) is 37.3 Å². The Hall–Kier alpha value is -4.05. The van der Waals surface area contributed by atoms with E-state index in [1.54, 1.807) is 6.07 Å². The van der Waals surface area contributed by atoms with Crippen LogP contribution in [0.4, 0.5) is 13.2 Å². The van der Waals surface area contributed by atoms with Crippen molar-refractivity contribution in [3.63, 3.8) is 0 Å². The summed E-state index contributed by atoms with van der Waals surface area (Å²) in [6.07, 6.45) is -14.2. The summed E-state index contributed by atoms with van der Waals surface area (Å²) in [5.41, 5.74) is -0.602. The highest BCUT2D eigenvalue weighted by Gasteiger charge is 2.48. The van der Waals surface area contributed by atoms with Crippen molar-refractivity contribution in [2.75, 3.05) is 7.11 Å². The lowest BCUT2D eigenvalue weighted by atomic mass is 9.99. The van der Waals surface area contributed by atoms with Crippen molar-refractivity contribution >= 4 is 23.4 Å². The van der Waals surface area contributed by atoms with Crippen LogP contribution in [0.15, 0.2) is 58.8 Å². The lowest BCUT2D eigenvalue weighted by Gasteiger charge is -2.37. The molecule has 15 heteroatoms. The first-order valence-electron chi connectivity index (χ1n) is 11.5. The summed E-state index contributed by atoms with van der Waals surface area (Å²) in [5, 5.41) is 46.6. The average Bonchev–Trinajstić information content (AvgIpc) is 2.92. The van der Waals surface area contributed by atoms with Gasteiger partial charge < -0.3 is 39.6 Å². The molecule has 4 N–H and O–H groups in total. The monoisotopic (exact) mass is 570 g/mol. The van der Waals surface area contributed by atoms with Crippen LogP contribution in [0.2, 0.25) is 0 Å². The van der Waals surface area contributed by atoms with Gasteiger partial charge >= 0.3 is 18.1 Å². The third-order valence-electron chi connectivity index (χ3n) is 5.74. The summed E-state index contributed by atoms with van der Waals surface area (Å²) in [4.78, 5) is 34.2. The van der Waals surface area contributed by atoms with Gasteiger partial charge in [-0.2, -0.15) is 13.2 Å². The normalized spacial score (nSPS) is 23.9. The molecule has 0 unspecified atom stereocenters. The van der Waals surface area contributed by atoms with E-state index in [9.17, 15) is 43.2 Å². The van der Waals surface area contributed by atoms with Gasteiger partial charge in [-0.3, -0.25) is 0 Å². The van der Waals surface area contributed by atoms with E-state index in [2.05, 4.69) is 10.3 Å². The van der Waals surface area contributed by atoms with E-state index in [-0.39, 0.29) is 23.4 Å². The van der Waals surface area contributed by atoms with Crippen molar-refractivity contribution in [2.24, 2.45) is 10.3 Å². The molecule has 5 atom stereocenters. The van der Waals surface area contributed by atoms with Crippen molar-refractivity contribution < 1.29 is 62.3 Å². The predicted molar refractivity (Wildman–Crippen MR) is 129 cm³/mol. The van der Waals surface area contributed by atoms with Crippen LogP contribution in [0.1, 0.15) is 29.2 Å². The van der Waals surface area contributed by atoms with E-state index < -0.39 is 60.1 Å². The predicted octanol–water partition coefficient (Wildman–Crippen LogP) is 1.43. The second-order valence-corrected chi connectivity index (χ2v) is 8.46. The summed E-state index contributed by atoms with van der Waals surface area (Å²) in [6.45, 7) is 1.17.